The molecule has 39 heavy (non-hydrogen) atoms. The number of anilines is 1. The van der Waals surface area contributed by atoms with Crippen molar-refractivity contribution in [2.75, 3.05) is 32.1 Å². The smallest absolute Gasteiger partial charge is 0.307 e. The summed E-state index contributed by atoms with van der Waals surface area (Å²) in [7, 11) is 6.29. The van der Waals surface area contributed by atoms with Gasteiger partial charge in [0.2, 0.25) is 0 Å². The van der Waals surface area contributed by atoms with Gasteiger partial charge in [0.25, 0.3) is 0 Å². The van der Waals surface area contributed by atoms with Crippen LogP contribution in [-0.4, -0.2) is 64.0 Å². The van der Waals surface area contributed by atoms with Gasteiger partial charge in [0.1, 0.15) is 5.01 Å². The maximum absolute atomic E-state index is 11.8. The first-order valence-electron chi connectivity index (χ1n) is 13.3. The van der Waals surface area contributed by atoms with Crippen LogP contribution in [0, 0.1) is 13.8 Å². The molecule has 1 fully saturated rings. The van der Waals surface area contributed by atoms with E-state index in [0.29, 0.717) is 6.04 Å². The van der Waals surface area contributed by atoms with Gasteiger partial charge in [-0.25, -0.2) is 4.98 Å². The molecule has 0 spiro atoms. The number of aromatic nitrogens is 3. The standard InChI is InChI=1S/C31H33N5O2S/c1-18-6-8-20(9-7-18)28-23(16-27(37)38)19(2)14-25-29(28)39-31(32-25)21-10-11-26-24(15-21)30(33-35(26)5)36-13-12-22(17-36)34(3)4/h6-11,14-15,22H,12-13,16-17H2,1-5H3,(H,37,38). The summed E-state index contributed by atoms with van der Waals surface area (Å²) in [5.74, 6) is 0.197. The lowest BCUT2D eigenvalue weighted by Crippen LogP contribution is -2.31. The number of nitrogens with zero attached hydrogens (tertiary/aromatic N) is 5. The number of carboxylic acids is 1. The van der Waals surface area contributed by atoms with Crippen molar-refractivity contribution in [3.05, 3.63) is 65.2 Å². The Morgan fingerprint density at radius 2 is 1.85 bits per heavy atom. The average Bonchev–Trinajstić information content (AvgIpc) is 3.62. The van der Waals surface area contributed by atoms with Gasteiger partial charge in [0.05, 0.1) is 22.2 Å². The number of hydrogen-bond acceptors (Lipinski definition) is 6. The number of carbonyl (C=O) groups is 1. The van der Waals surface area contributed by atoms with Crippen LogP contribution in [0.4, 0.5) is 5.82 Å². The van der Waals surface area contributed by atoms with E-state index in [1.54, 1.807) is 11.3 Å². The Morgan fingerprint density at radius 1 is 1.10 bits per heavy atom. The molecular weight excluding hydrogens is 506 g/mol. The summed E-state index contributed by atoms with van der Waals surface area (Å²) in [4.78, 5) is 21.6. The van der Waals surface area contributed by atoms with Crippen molar-refractivity contribution in [1.29, 1.82) is 0 Å². The molecule has 1 aliphatic heterocycles. The van der Waals surface area contributed by atoms with Crippen LogP contribution in [0.5, 0.6) is 0 Å². The average molecular weight is 540 g/mol. The summed E-state index contributed by atoms with van der Waals surface area (Å²) in [6.07, 6.45) is 1.11. The zero-order valence-electron chi connectivity index (χ0n) is 23.0. The third kappa shape index (κ3) is 4.57. The minimum Gasteiger partial charge on any atom is -0.481 e. The number of hydrogen-bond donors (Lipinski definition) is 1. The van der Waals surface area contributed by atoms with Gasteiger partial charge in [0.15, 0.2) is 5.82 Å². The highest BCUT2D eigenvalue weighted by Crippen LogP contribution is 2.42. The number of thiazole rings is 1. The summed E-state index contributed by atoms with van der Waals surface area (Å²) in [5.41, 5.74) is 8.02. The Kier molecular flexibility index (Phi) is 6.40. The van der Waals surface area contributed by atoms with E-state index < -0.39 is 5.97 Å². The van der Waals surface area contributed by atoms with E-state index >= 15 is 0 Å². The number of carboxylic acid groups (broad SMARTS) is 1. The second kappa shape index (κ2) is 9.77. The molecule has 3 heterocycles. The molecule has 6 rings (SSSR count). The fraction of sp³-hybridized carbons (Fsp3) is 0.323. The topological polar surface area (TPSA) is 74.5 Å². The van der Waals surface area contributed by atoms with E-state index in [1.807, 2.05) is 24.7 Å². The van der Waals surface area contributed by atoms with Crippen LogP contribution < -0.4 is 4.90 Å². The summed E-state index contributed by atoms with van der Waals surface area (Å²) in [6, 6.07) is 17.3. The number of benzene rings is 3. The molecule has 8 heteroatoms. The normalized spacial score (nSPS) is 15.7. The van der Waals surface area contributed by atoms with E-state index in [9.17, 15) is 9.90 Å². The maximum Gasteiger partial charge on any atom is 0.307 e. The molecule has 1 aliphatic rings. The van der Waals surface area contributed by atoms with Gasteiger partial charge in [-0.05, 0) is 75.3 Å². The zero-order valence-corrected chi connectivity index (χ0v) is 23.8. The SMILES string of the molecule is Cc1ccc(-c2c(CC(=O)O)c(C)cc3nc(-c4ccc5c(c4)c(N4CCC(N(C)C)C4)nn5C)sc23)cc1. The number of fused-ring (bicyclic) bond motifs is 2. The third-order valence-electron chi connectivity index (χ3n) is 7.95. The predicted molar refractivity (Wildman–Crippen MR) is 160 cm³/mol. The fourth-order valence-corrected chi connectivity index (χ4v) is 6.87. The molecule has 0 amide bonds. The van der Waals surface area contributed by atoms with Crippen LogP contribution in [0.2, 0.25) is 0 Å². The zero-order chi connectivity index (χ0) is 27.4. The van der Waals surface area contributed by atoms with Crippen LogP contribution in [0.15, 0.2) is 48.5 Å². The van der Waals surface area contributed by atoms with Gasteiger partial charge >= 0.3 is 5.97 Å². The van der Waals surface area contributed by atoms with Crippen molar-refractivity contribution in [2.45, 2.75) is 32.7 Å². The van der Waals surface area contributed by atoms with E-state index in [1.165, 1.54) is 5.56 Å². The Morgan fingerprint density at radius 3 is 2.54 bits per heavy atom. The van der Waals surface area contributed by atoms with Crippen LogP contribution >= 0.6 is 11.3 Å². The second-order valence-corrected chi connectivity index (χ2v) is 11.9. The molecular formula is C31H33N5O2S. The lowest BCUT2D eigenvalue weighted by Gasteiger charge is -2.20. The lowest BCUT2D eigenvalue weighted by molar-refractivity contribution is -0.136. The molecule has 7 nitrogen and oxygen atoms in total. The molecule has 0 bridgehead atoms. The maximum atomic E-state index is 11.8. The minimum atomic E-state index is -0.830. The largest absolute Gasteiger partial charge is 0.481 e. The highest BCUT2D eigenvalue weighted by atomic mass is 32.1. The van der Waals surface area contributed by atoms with Crippen molar-refractivity contribution in [2.24, 2.45) is 7.05 Å². The summed E-state index contributed by atoms with van der Waals surface area (Å²) < 4.78 is 2.99. The van der Waals surface area contributed by atoms with Crippen LogP contribution in [0.1, 0.15) is 23.1 Å². The Bertz CT molecular complexity index is 1720. The molecule has 2 aromatic heterocycles. The van der Waals surface area contributed by atoms with E-state index in [2.05, 4.69) is 73.3 Å². The molecule has 0 saturated carbocycles. The lowest BCUT2D eigenvalue weighted by atomic mass is 9.93. The van der Waals surface area contributed by atoms with Crippen molar-refractivity contribution in [3.8, 4) is 21.7 Å². The minimum absolute atomic E-state index is 0.0208. The number of likely N-dealkylation sites (N-methyl/N-ethyl adjacent to an activating group) is 1. The van der Waals surface area contributed by atoms with E-state index in [0.717, 1.165) is 79.3 Å². The summed E-state index contributed by atoms with van der Waals surface area (Å²) >= 11 is 1.63. The highest BCUT2D eigenvalue weighted by Gasteiger charge is 2.27. The second-order valence-electron chi connectivity index (χ2n) is 10.9. The Labute approximate surface area is 232 Å². The first-order chi connectivity index (χ1) is 18.7. The van der Waals surface area contributed by atoms with Gasteiger partial charge < -0.3 is 14.9 Å². The first kappa shape index (κ1) is 25.5. The highest BCUT2D eigenvalue weighted by molar-refractivity contribution is 7.22. The Balaban J connectivity index is 1.49. The summed E-state index contributed by atoms with van der Waals surface area (Å²) in [5, 5.41) is 16.7. The monoisotopic (exact) mass is 539 g/mol. The molecule has 3 aromatic carbocycles. The third-order valence-corrected chi connectivity index (χ3v) is 9.09. The van der Waals surface area contributed by atoms with Gasteiger partial charge in [-0.2, -0.15) is 5.10 Å². The molecule has 0 radical (unpaired) electrons. The number of aryl methyl sites for hydroxylation is 3. The van der Waals surface area contributed by atoms with Crippen LogP contribution in [-0.2, 0) is 18.3 Å². The molecule has 1 saturated heterocycles. The van der Waals surface area contributed by atoms with Gasteiger partial charge in [-0.3, -0.25) is 9.48 Å². The number of aliphatic carboxylic acids is 1. The van der Waals surface area contributed by atoms with E-state index in [4.69, 9.17) is 10.1 Å². The predicted octanol–water partition coefficient (Wildman–Crippen LogP) is 5.90. The fourth-order valence-electron chi connectivity index (χ4n) is 5.73. The number of rotatable bonds is 6. The summed E-state index contributed by atoms with van der Waals surface area (Å²) in [6.45, 7) is 6.01. The van der Waals surface area contributed by atoms with Gasteiger partial charge in [-0.1, -0.05) is 29.8 Å². The van der Waals surface area contributed by atoms with Gasteiger partial charge in [0, 0.05) is 42.7 Å². The van der Waals surface area contributed by atoms with Gasteiger partial charge in [-0.15, -0.1) is 11.3 Å². The molecule has 200 valence electrons. The van der Waals surface area contributed by atoms with Crippen LogP contribution in [0.25, 0.3) is 42.8 Å². The first-order valence-corrected chi connectivity index (χ1v) is 14.1. The molecule has 1 unspecified atom stereocenters. The molecule has 1 atom stereocenters. The van der Waals surface area contributed by atoms with Crippen LogP contribution in [0.3, 0.4) is 0 Å². The van der Waals surface area contributed by atoms with Crippen molar-refractivity contribution < 1.29 is 9.90 Å². The van der Waals surface area contributed by atoms with Crippen molar-refractivity contribution >= 4 is 44.2 Å². The van der Waals surface area contributed by atoms with E-state index in [-0.39, 0.29) is 6.42 Å². The van der Waals surface area contributed by atoms with Crippen molar-refractivity contribution in [1.82, 2.24) is 19.7 Å². The quantitative estimate of drug-likeness (QED) is 0.290. The molecule has 1 N–H and O–H groups in total. The van der Waals surface area contributed by atoms with Crippen molar-refractivity contribution in [3.63, 3.8) is 0 Å². The molecule has 5 aromatic rings. The Hall–Kier alpha value is -3.75. The molecule has 0 aliphatic carbocycles.